The van der Waals surface area contributed by atoms with Crippen molar-refractivity contribution >= 4 is 34.4 Å². The number of carbonyl (C=O) groups is 2. The van der Waals surface area contributed by atoms with Gasteiger partial charge < -0.3 is 9.47 Å². The summed E-state index contributed by atoms with van der Waals surface area (Å²) < 4.78 is 10.2. The van der Waals surface area contributed by atoms with E-state index in [1.54, 1.807) is 18.4 Å². The Bertz CT molecular complexity index is 534. The Balaban J connectivity index is 2.30. The smallest absolute Gasteiger partial charge is 0.330 e. The van der Waals surface area contributed by atoms with Gasteiger partial charge in [0, 0.05) is 13.8 Å². The van der Waals surface area contributed by atoms with E-state index >= 15 is 0 Å². The molecule has 1 aliphatic rings. The third kappa shape index (κ3) is 3.19. The lowest BCUT2D eigenvalue weighted by molar-refractivity contribution is -0.235. The molecule has 0 atom stereocenters. The third-order valence-electron chi connectivity index (χ3n) is 2.62. The van der Waals surface area contributed by atoms with Gasteiger partial charge in [-0.1, -0.05) is 18.2 Å². The second-order valence-electron chi connectivity index (χ2n) is 4.66. The number of para-hydroxylation sites is 1. The lowest BCUT2D eigenvalue weighted by Crippen LogP contribution is -2.48. The van der Waals surface area contributed by atoms with Crippen LogP contribution in [0.4, 0.5) is 5.69 Å². The van der Waals surface area contributed by atoms with E-state index in [2.05, 4.69) is 4.99 Å². The Morgan fingerprint density at radius 3 is 2.20 bits per heavy atom. The van der Waals surface area contributed by atoms with Gasteiger partial charge in [-0.05, 0) is 18.4 Å². The van der Waals surface area contributed by atoms with Crippen molar-refractivity contribution in [2.45, 2.75) is 19.6 Å². The van der Waals surface area contributed by atoms with Gasteiger partial charge in [0.15, 0.2) is 0 Å². The average molecular weight is 293 g/mol. The molecule has 0 N–H and O–H groups in total. The molecule has 106 valence electrons. The molecule has 1 aromatic rings. The maximum absolute atomic E-state index is 12.0. The number of benzene rings is 1. The number of esters is 2. The number of nitrogens with zero attached hydrogens (tertiary/aromatic N) is 1. The first-order valence-electron chi connectivity index (χ1n) is 6.06. The maximum atomic E-state index is 12.0. The van der Waals surface area contributed by atoms with Gasteiger partial charge in [0.2, 0.25) is 5.92 Å². The first-order chi connectivity index (χ1) is 9.43. The minimum Gasteiger partial charge on any atom is -0.422 e. The van der Waals surface area contributed by atoms with Crippen molar-refractivity contribution in [2.75, 3.05) is 6.26 Å². The normalized spacial score (nSPS) is 19.4. The lowest BCUT2D eigenvalue weighted by Gasteiger charge is -2.32. The topological polar surface area (TPSA) is 65.0 Å². The number of hydrogen-bond donors (Lipinski definition) is 0. The van der Waals surface area contributed by atoms with Gasteiger partial charge in [-0.15, -0.1) is 11.8 Å². The molecule has 5 nitrogen and oxygen atoms in total. The fraction of sp³-hybridized carbons (Fsp3) is 0.357. The first kappa shape index (κ1) is 14.6. The summed E-state index contributed by atoms with van der Waals surface area (Å²) in [6.45, 7) is 3.04. The quantitative estimate of drug-likeness (QED) is 0.363. The van der Waals surface area contributed by atoms with E-state index in [4.69, 9.17) is 9.47 Å². The molecular formula is C14H15NO4S. The highest BCUT2D eigenvalue weighted by molar-refractivity contribution is 8.13. The van der Waals surface area contributed by atoms with E-state index in [1.807, 2.05) is 18.2 Å². The fourth-order valence-electron chi connectivity index (χ4n) is 1.78. The second-order valence-corrected chi connectivity index (χ2v) is 5.49. The average Bonchev–Trinajstić information content (AvgIpc) is 2.36. The number of ether oxygens (including phenoxy) is 2. The highest BCUT2D eigenvalue weighted by Gasteiger charge is 2.45. The van der Waals surface area contributed by atoms with Gasteiger partial charge in [-0.2, -0.15) is 0 Å². The molecule has 1 saturated heterocycles. The van der Waals surface area contributed by atoms with Crippen molar-refractivity contribution in [3.8, 4) is 0 Å². The summed E-state index contributed by atoms with van der Waals surface area (Å²) in [4.78, 5) is 28.3. The monoisotopic (exact) mass is 293 g/mol. The molecule has 1 fully saturated rings. The molecule has 6 heteroatoms. The standard InChI is InChI=1S/C14H15NO4S/c1-14(2)18-12(16)10(13(17)19-14)11(20-3)15-9-7-5-4-6-8-9/h4-8,10H,1-3H3. The van der Waals surface area contributed by atoms with Crippen LogP contribution in [-0.4, -0.2) is 29.0 Å². The van der Waals surface area contributed by atoms with Crippen molar-refractivity contribution in [2.24, 2.45) is 10.9 Å². The van der Waals surface area contributed by atoms with Crippen molar-refractivity contribution in [1.82, 2.24) is 0 Å². The Morgan fingerprint density at radius 1 is 1.15 bits per heavy atom. The number of cyclic esters (lactones) is 2. The van der Waals surface area contributed by atoms with Crippen molar-refractivity contribution < 1.29 is 19.1 Å². The summed E-state index contributed by atoms with van der Waals surface area (Å²) in [5, 5.41) is 0.363. The molecule has 1 aromatic carbocycles. The number of carbonyl (C=O) groups excluding carboxylic acids is 2. The van der Waals surface area contributed by atoms with Gasteiger partial charge in [0.05, 0.1) is 10.7 Å². The molecular weight excluding hydrogens is 278 g/mol. The van der Waals surface area contributed by atoms with E-state index in [-0.39, 0.29) is 0 Å². The Kier molecular flexibility index (Phi) is 4.13. The van der Waals surface area contributed by atoms with Crippen molar-refractivity contribution in [3.05, 3.63) is 30.3 Å². The third-order valence-corrected chi connectivity index (χ3v) is 3.36. The highest BCUT2D eigenvalue weighted by Crippen LogP contribution is 2.28. The molecule has 0 aromatic heterocycles. The largest absolute Gasteiger partial charge is 0.422 e. The first-order valence-corrected chi connectivity index (χ1v) is 7.29. The molecule has 0 bridgehead atoms. The summed E-state index contributed by atoms with van der Waals surface area (Å²) in [5.74, 6) is -3.59. The summed E-state index contributed by atoms with van der Waals surface area (Å²) >= 11 is 1.23. The van der Waals surface area contributed by atoms with Crippen LogP contribution in [0.1, 0.15) is 13.8 Å². The molecule has 1 heterocycles. The molecule has 1 aliphatic heterocycles. The zero-order valence-electron chi connectivity index (χ0n) is 11.5. The highest BCUT2D eigenvalue weighted by atomic mass is 32.2. The maximum Gasteiger partial charge on any atom is 0.330 e. The minimum absolute atomic E-state index is 0.363. The van der Waals surface area contributed by atoms with E-state index in [1.165, 1.54) is 25.6 Å². The molecule has 0 saturated carbocycles. The fourth-order valence-corrected chi connectivity index (χ4v) is 2.40. The van der Waals surface area contributed by atoms with Crippen LogP contribution in [0.25, 0.3) is 0 Å². The Morgan fingerprint density at radius 2 is 1.70 bits per heavy atom. The van der Waals surface area contributed by atoms with Crippen molar-refractivity contribution in [3.63, 3.8) is 0 Å². The predicted octanol–water partition coefficient (Wildman–Crippen LogP) is 2.53. The van der Waals surface area contributed by atoms with Gasteiger partial charge in [-0.25, -0.2) is 4.99 Å². The lowest BCUT2D eigenvalue weighted by atomic mass is 10.1. The number of rotatable bonds is 2. The van der Waals surface area contributed by atoms with Crippen molar-refractivity contribution in [1.29, 1.82) is 0 Å². The van der Waals surface area contributed by atoms with Gasteiger partial charge in [0.1, 0.15) is 0 Å². The SMILES string of the molecule is CSC(=Nc1ccccc1)C1C(=O)OC(C)(C)OC1=O. The number of thioether (sulfide) groups is 1. The molecule has 0 spiro atoms. The van der Waals surface area contributed by atoms with Crippen LogP contribution in [0.2, 0.25) is 0 Å². The second kappa shape index (κ2) is 5.66. The van der Waals surface area contributed by atoms with E-state index in [0.717, 1.165) is 0 Å². The van der Waals surface area contributed by atoms with Crippen LogP contribution in [-0.2, 0) is 19.1 Å². The van der Waals surface area contributed by atoms with Crippen LogP contribution in [0.5, 0.6) is 0 Å². The van der Waals surface area contributed by atoms with Gasteiger partial charge >= 0.3 is 11.9 Å². The van der Waals surface area contributed by atoms with Gasteiger partial charge in [-0.3, -0.25) is 9.59 Å². The number of aliphatic imine (C=N–C) groups is 1. The summed E-state index contributed by atoms with van der Waals surface area (Å²) in [6.07, 6.45) is 1.75. The molecule has 20 heavy (non-hydrogen) atoms. The zero-order chi connectivity index (χ0) is 14.8. The van der Waals surface area contributed by atoms with Crippen LogP contribution < -0.4 is 0 Å². The van der Waals surface area contributed by atoms with Crippen LogP contribution >= 0.6 is 11.8 Å². The Labute approximate surface area is 121 Å². The molecule has 0 unspecified atom stereocenters. The van der Waals surface area contributed by atoms with Crippen LogP contribution in [0, 0.1) is 5.92 Å². The summed E-state index contributed by atoms with van der Waals surface area (Å²) in [7, 11) is 0. The van der Waals surface area contributed by atoms with E-state index < -0.39 is 23.6 Å². The van der Waals surface area contributed by atoms with E-state index in [0.29, 0.717) is 10.7 Å². The molecule has 2 rings (SSSR count). The molecule has 0 radical (unpaired) electrons. The zero-order valence-corrected chi connectivity index (χ0v) is 12.3. The predicted molar refractivity (Wildman–Crippen MR) is 76.8 cm³/mol. The molecule has 0 amide bonds. The van der Waals surface area contributed by atoms with Gasteiger partial charge in [0.25, 0.3) is 5.79 Å². The Hall–Kier alpha value is -1.82. The van der Waals surface area contributed by atoms with E-state index in [9.17, 15) is 9.59 Å². The van der Waals surface area contributed by atoms with Crippen LogP contribution in [0.3, 0.4) is 0 Å². The summed E-state index contributed by atoms with van der Waals surface area (Å²) in [6, 6.07) is 9.11. The van der Waals surface area contributed by atoms with Crippen LogP contribution in [0.15, 0.2) is 35.3 Å². The minimum atomic E-state index is -1.22. The molecule has 0 aliphatic carbocycles. The number of hydrogen-bond acceptors (Lipinski definition) is 6. The summed E-state index contributed by atoms with van der Waals surface area (Å²) in [5.41, 5.74) is 0.669.